The smallest absolute Gasteiger partial charge is 0.248 e. The van der Waals surface area contributed by atoms with Crippen LogP contribution in [0.3, 0.4) is 0 Å². The van der Waals surface area contributed by atoms with Crippen LogP contribution in [0, 0.1) is 0 Å². The fraction of sp³-hybridized carbons (Fsp3) is 0.308. The molecule has 2 aromatic rings. The van der Waals surface area contributed by atoms with E-state index in [1.807, 2.05) is 12.1 Å². The van der Waals surface area contributed by atoms with Crippen molar-refractivity contribution in [3.05, 3.63) is 30.0 Å². The predicted molar refractivity (Wildman–Crippen MR) is 69.8 cm³/mol. The Morgan fingerprint density at radius 3 is 2.83 bits per heavy atom. The van der Waals surface area contributed by atoms with E-state index in [-0.39, 0.29) is 0 Å². The average molecular weight is 245 g/mol. The molecule has 1 fully saturated rings. The molecule has 5 nitrogen and oxygen atoms in total. The van der Waals surface area contributed by atoms with Crippen molar-refractivity contribution in [3.8, 4) is 0 Å². The number of benzene rings is 1. The number of anilines is 1. The molecule has 1 saturated heterocycles. The van der Waals surface area contributed by atoms with Gasteiger partial charge in [0.15, 0.2) is 5.58 Å². The highest BCUT2D eigenvalue weighted by Gasteiger charge is 2.17. The van der Waals surface area contributed by atoms with E-state index in [0.29, 0.717) is 5.56 Å². The first-order valence-corrected chi connectivity index (χ1v) is 6.02. The Morgan fingerprint density at radius 2 is 2.11 bits per heavy atom. The number of rotatable bonds is 2. The molecule has 0 unspecified atom stereocenters. The highest BCUT2D eigenvalue weighted by molar-refractivity contribution is 6.01. The van der Waals surface area contributed by atoms with Gasteiger partial charge in [-0.3, -0.25) is 4.79 Å². The second kappa shape index (κ2) is 4.34. The molecular weight excluding hydrogens is 230 g/mol. The normalized spacial score (nSPS) is 16.1. The first-order valence-electron chi connectivity index (χ1n) is 6.02. The van der Waals surface area contributed by atoms with Gasteiger partial charge < -0.3 is 20.4 Å². The number of primary amides is 1. The summed E-state index contributed by atoms with van der Waals surface area (Å²) in [5.41, 5.74) is 7.67. The Kier molecular flexibility index (Phi) is 2.68. The van der Waals surface area contributed by atoms with Gasteiger partial charge in [0.05, 0.1) is 12.0 Å². The van der Waals surface area contributed by atoms with Gasteiger partial charge in [0.2, 0.25) is 5.91 Å². The van der Waals surface area contributed by atoms with Gasteiger partial charge in [0.25, 0.3) is 0 Å². The van der Waals surface area contributed by atoms with Crippen LogP contribution in [0.2, 0.25) is 0 Å². The zero-order chi connectivity index (χ0) is 12.5. The number of nitrogens with one attached hydrogen (secondary N) is 1. The van der Waals surface area contributed by atoms with E-state index in [1.165, 1.54) is 0 Å². The molecule has 18 heavy (non-hydrogen) atoms. The molecule has 1 aromatic heterocycles. The lowest BCUT2D eigenvalue weighted by atomic mass is 10.1. The molecule has 0 aliphatic carbocycles. The molecule has 1 aliphatic heterocycles. The minimum atomic E-state index is -0.408. The highest BCUT2D eigenvalue weighted by atomic mass is 16.3. The minimum Gasteiger partial charge on any atom is -0.462 e. The Hall–Kier alpha value is -2.01. The summed E-state index contributed by atoms with van der Waals surface area (Å²) in [5, 5.41) is 4.22. The zero-order valence-electron chi connectivity index (χ0n) is 9.98. The van der Waals surface area contributed by atoms with E-state index in [1.54, 1.807) is 12.3 Å². The summed E-state index contributed by atoms with van der Waals surface area (Å²) < 4.78 is 5.52. The van der Waals surface area contributed by atoms with Crippen LogP contribution in [0.15, 0.2) is 28.9 Å². The standard InChI is InChI=1S/C13H15N3O2/c14-13(17)10-7-9-1-6-18-12(9)11(8-10)16-4-2-15-3-5-16/h1,6-8,15H,2-5H2,(H2,14,17). The molecule has 0 saturated carbocycles. The van der Waals surface area contributed by atoms with Crippen LogP contribution in [0.4, 0.5) is 5.69 Å². The van der Waals surface area contributed by atoms with Crippen molar-refractivity contribution in [2.24, 2.45) is 5.73 Å². The minimum absolute atomic E-state index is 0.408. The molecule has 0 bridgehead atoms. The van der Waals surface area contributed by atoms with Crippen LogP contribution in [-0.4, -0.2) is 32.1 Å². The molecule has 3 N–H and O–H groups in total. The third-order valence-corrected chi connectivity index (χ3v) is 3.27. The third kappa shape index (κ3) is 1.82. The van der Waals surface area contributed by atoms with Crippen LogP contribution in [0.25, 0.3) is 11.0 Å². The monoisotopic (exact) mass is 245 g/mol. The first kappa shape index (κ1) is 11.1. The number of hydrogen-bond donors (Lipinski definition) is 2. The maximum absolute atomic E-state index is 11.4. The van der Waals surface area contributed by atoms with Crippen molar-refractivity contribution in [2.45, 2.75) is 0 Å². The summed E-state index contributed by atoms with van der Waals surface area (Å²) in [6.45, 7) is 3.67. The lowest BCUT2D eigenvalue weighted by Gasteiger charge is -2.29. The van der Waals surface area contributed by atoms with Crippen LogP contribution in [0.1, 0.15) is 10.4 Å². The lowest BCUT2D eigenvalue weighted by molar-refractivity contribution is 0.100. The highest BCUT2D eigenvalue weighted by Crippen LogP contribution is 2.29. The van der Waals surface area contributed by atoms with Crippen LogP contribution >= 0.6 is 0 Å². The van der Waals surface area contributed by atoms with E-state index >= 15 is 0 Å². The van der Waals surface area contributed by atoms with Crippen LogP contribution in [0.5, 0.6) is 0 Å². The van der Waals surface area contributed by atoms with Crippen molar-refractivity contribution in [1.82, 2.24) is 5.32 Å². The molecule has 5 heteroatoms. The molecule has 2 heterocycles. The number of hydrogen-bond acceptors (Lipinski definition) is 4. The third-order valence-electron chi connectivity index (χ3n) is 3.27. The van der Waals surface area contributed by atoms with Crippen LogP contribution in [-0.2, 0) is 0 Å². The number of nitrogens with two attached hydrogens (primary N) is 1. The average Bonchev–Trinajstić information content (AvgIpc) is 2.86. The molecule has 1 aromatic carbocycles. The predicted octanol–water partition coefficient (Wildman–Crippen LogP) is 0.941. The van der Waals surface area contributed by atoms with E-state index in [0.717, 1.165) is 42.8 Å². The van der Waals surface area contributed by atoms with Gasteiger partial charge in [0.1, 0.15) is 0 Å². The summed E-state index contributed by atoms with van der Waals surface area (Å²) in [6, 6.07) is 5.44. The summed E-state index contributed by atoms with van der Waals surface area (Å²) in [6.07, 6.45) is 1.64. The molecule has 1 amide bonds. The fourth-order valence-electron chi connectivity index (χ4n) is 2.35. The number of fused-ring (bicyclic) bond motifs is 1. The summed E-state index contributed by atoms with van der Waals surface area (Å²) in [5.74, 6) is -0.408. The van der Waals surface area contributed by atoms with Gasteiger partial charge >= 0.3 is 0 Å². The lowest BCUT2D eigenvalue weighted by Crippen LogP contribution is -2.43. The number of furan rings is 1. The number of piperazine rings is 1. The molecule has 1 aliphatic rings. The second-order valence-electron chi connectivity index (χ2n) is 4.44. The number of amides is 1. The Bertz CT molecular complexity index is 585. The molecule has 94 valence electrons. The van der Waals surface area contributed by atoms with Crippen molar-refractivity contribution in [3.63, 3.8) is 0 Å². The Labute approximate surface area is 105 Å². The van der Waals surface area contributed by atoms with Crippen molar-refractivity contribution in [2.75, 3.05) is 31.1 Å². The van der Waals surface area contributed by atoms with Crippen LogP contribution < -0.4 is 16.0 Å². The molecule has 0 radical (unpaired) electrons. The Balaban J connectivity index is 2.12. The quantitative estimate of drug-likeness (QED) is 0.826. The number of nitrogens with zero attached hydrogens (tertiary/aromatic N) is 1. The fourth-order valence-corrected chi connectivity index (χ4v) is 2.35. The van der Waals surface area contributed by atoms with Gasteiger partial charge in [-0.1, -0.05) is 0 Å². The zero-order valence-corrected chi connectivity index (χ0v) is 9.98. The molecule has 0 spiro atoms. The molecular formula is C13H15N3O2. The van der Waals surface area contributed by atoms with Crippen molar-refractivity contribution < 1.29 is 9.21 Å². The van der Waals surface area contributed by atoms with Gasteiger partial charge in [0, 0.05) is 37.1 Å². The second-order valence-corrected chi connectivity index (χ2v) is 4.44. The van der Waals surface area contributed by atoms with E-state index in [2.05, 4.69) is 10.2 Å². The SMILES string of the molecule is NC(=O)c1cc(N2CCNCC2)c2occc2c1. The maximum Gasteiger partial charge on any atom is 0.248 e. The number of carbonyl (C=O) groups is 1. The maximum atomic E-state index is 11.4. The summed E-state index contributed by atoms with van der Waals surface area (Å²) in [4.78, 5) is 13.6. The number of carbonyl (C=O) groups excluding carboxylic acids is 1. The van der Waals surface area contributed by atoms with Gasteiger partial charge in [-0.25, -0.2) is 0 Å². The molecule has 3 rings (SSSR count). The molecule has 0 atom stereocenters. The Morgan fingerprint density at radius 1 is 1.33 bits per heavy atom. The van der Waals surface area contributed by atoms with Gasteiger partial charge in [-0.2, -0.15) is 0 Å². The van der Waals surface area contributed by atoms with E-state index in [4.69, 9.17) is 10.2 Å². The topological polar surface area (TPSA) is 71.5 Å². The van der Waals surface area contributed by atoms with E-state index in [9.17, 15) is 4.79 Å². The van der Waals surface area contributed by atoms with Gasteiger partial charge in [-0.15, -0.1) is 0 Å². The largest absolute Gasteiger partial charge is 0.462 e. The first-order chi connectivity index (χ1) is 8.75. The van der Waals surface area contributed by atoms with Crippen molar-refractivity contribution in [1.29, 1.82) is 0 Å². The summed E-state index contributed by atoms with van der Waals surface area (Å²) >= 11 is 0. The summed E-state index contributed by atoms with van der Waals surface area (Å²) in [7, 11) is 0. The van der Waals surface area contributed by atoms with Gasteiger partial charge in [-0.05, 0) is 18.2 Å². The van der Waals surface area contributed by atoms with Crippen molar-refractivity contribution >= 4 is 22.6 Å². The van der Waals surface area contributed by atoms with E-state index < -0.39 is 5.91 Å².